The minimum Gasteiger partial charge on any atom is -0.394 e. The first-order chi connectivity index (χ1) is 18.4. The topological polar surface area (TPSA) is 197 Å². The van der Waals surface area contributed by atoms with Crippen molar-refractivity contribution < 1.29 is 39.3 Å². The molecule has 2 aliphatic heterocycles. The van der Waals surface area contributed by atoms with Crippen LogP contribution in [0.3, 0.4) is 0 Å². The number of hydrogen-bond donors (Lipinski definition) is 7. The standard InChI is InChI=1S/C25H32ClN5O8/c1-12(33)20-24(38)28-16(11-32)22(36)27-15(14-6-4-3-5-7-14)10-19(35)29-21(13(2)34)25(39)31-17(23(37)30-20)8-9-18(31)26/h3-7,9,12-13,15-17,20-21,32-34H,8,10-11H2,1-2H3,(H,27,36)(H,28,38)(H,29,35)(H,30,37)/t12-,13+,15+,16-,17-,20-,21-/m0/s1. The Balaban J connectivity index is 2.04. The van der Waals surface area contributed by atoms with Crippen molar-refractivity contribution in [2.75, 3.05) is 6.61 Å². The van der Waals surface area contributed by atoms with Crippen LogP contribution >= 0.6 is 11.6 Å². The van der Waals surface area contributed by atoms with Crippen LogP contribution in [0, 0.1) is 0 Å². The van der Waals surface area contributed by atoms with Crippen LogP contribution in [0.5, 0.6) is 0 Å². The summed E-state index contributed by atoms with van der Waals surface area (Å²) < 4.78 is 0. The maximum Gasteiger partial charge on any atom is 0.253 e. The molecule has 212 valence electrons. The van der Waals surface area contributed by atoms with Crippen molar-refractivity contribution in [2.24, 2.45) is 0 Å². The van der Waals surface area contributed by atoms with Gasteiger partial charge in [0.2, 0.25) is 23.6 Å². The third kappa shape index (κ3) is 7.12. The first-order valence-electron chi connectivity index (χ1n) is 12.4. The molecule has 0 radical (unpaired) electrons. The Labute approximate surface area is 229 Å². The Bertz CT molecular complexity index is 1130. The molecule has 0 saturated carbocycles. The normalized spacial score (nSPS) is 28.9. The second-order valence-electron chi connectivity index (χ2n) is 9.42. The molecule has 0 aromatic heterocycles. The second kappa shape index (κ2) is 13.0. The number of fused-ring (bicyclic) bond motifs is 1. The predicted molar refractivity (Wildman–Crippen MR) is 137 cm³/mol. The minimum atomic E-state index is -1.55. The highest BCUT2D eigenvalue weighted by atomic mass is 35.5. The van der Waals surface area contributed by atoms with Gasteiger partial charge in [0.25, 0.3) is 5.91 Å². The lowest BCUT2D eigenvalue weighted by molar-refractivity contribution is -0.143. The molecule has 7 atom stereocenters. The molecule has 13 nitrogen and oxygen atoms in total. The van der Waals surface area contributed by atoms with Crippen LogP contribution in [0.4, 0.5) is 0 Å². The minimum absolute atomic E-state index is 0.0389. The van der Waals surface area contributed by atoms with Gasteiger partial charge in [0.1, 0.15) is 29.3 Å². The van der Waals surface area contributed by atoms with E-state index in [1.165, 1.54) is 19.9 Å². The molecule has 0 bridgehead atoms. The summed E-state index contributed by atoms with van der Waals surface area (Å²) in [5.74, 6) is -4.24. The Morgan fingerprint density at radius 2 is 1.54 bits per heavy atom. The van der Waals surface area contributed by atoms with E-state index in [4.69, 9.17) is 11.6 Å². The van der Waals surface area contributed by atoms with Gasteiger partial charge in [0.15, 0.2) is 0 Å². The summed E-state index contributed by atoms with van der Waals surface area (Å²) in [6, 6.07) is 1.66. The Kier molecular flexibility index (Phi) is 10.0. The monoisotopic (exact) mass is 565 g/mol. The number of aliphatic hydroxyl groups is 3. The largest absolute Gasteiger partial charge is 0.394 e. The molecular weight excluding hydrogens is 534 g/mol. The molecule has 14 heteroatoms. The number of hydrogen-bond acceptors (Lipinski definition) is 8. The Morgan fingerprint density at radius 1 is 0.897 bits per heavy atom. The van der Waals surface area contributed by atoms with Gasteiger partial charge in [0.05, 0.1) is 31.3 Å². The molecule has 1 aromatic rings. The Hall–Kier alpha value is -3.52. The van der Waals surface area contributed by atoms with E-state index in [2.05, 4.69) is 21.3 Å². The van der Waals surface area contributed by atoms with Crippen LogP contribution in [0.2, 0.25) is 0 Å². The first kappa shape index (κ1) is 30.0. The van der Waals surface area contributed by atoms with Crippen LogP contribution < -0.4 is 21.3 Å². The fourth-order valence-electron chi connectivity index (χ4n) is 4.32. The maximum atomic E-state index is 13.4. The molecule has 1 aromatic carbocycles. The lowest BCUT2D eigenvalue weighted by atomic mass is 10.0. The van der Waals surface area contributed by atoms with Crippen LogP contribution in [0.1, 0.15) is 38.3 Å². The molecule has 1 saturated heterocycles. The second-order valence-corrected chi connectivity index (χ2v) is 9.81. The molecule has 0 spiro atoms. The van der Waals surface area contributed by atoms with Gasteiger partial charge in [-0.1, -0.05) is 41.9 Å². The smallest absolute Gasteiger partial charge is 0.253 e. The van der Waals surface area contributed by atoms with E-state index in [0.717, 1.165) is 4.90 Å². The zero-order valence-electron chi connectivity index (χ0n) is 21.3. The fraction of sp³-hybridized carbons (Fsp3) is 0.480. The Morgan fingerprint density at radius 3 is 2.13 bits per heavy atom. The molecule has 0 aliphatic carbocycles. The number of rotatable bonds is 4. The lowest BCUT2D eigenvalue weighted by Gasteiger charge is -2.32. The maximum absolute atomic E-state index is 13.4. The van der Waals surface area contributed by atoms with E-state index >= 15 is 0 Å². The average molecular weight is 566 g/mol. The van der Waals surface area contributed by atoms with Crippen molar-refractivity contribution in [3.8, 4) is 0 Å². The zero-order valence-corrected chi connectivity index (χ0v) is 22.1. The van der Waals surface area contributed by atoms with E-state index in [0.29, 0.717) is 5.56 Å². The van der Waals surface area contributed by atoms with Crippen molar-refractivity contribution in [1.29, 1.82) is 0 Å². The van der Waals surface area contributed by atoms with E-state index < -0.39 is 78.6 Å². The third-order valence-electron chi connectivity index (χ3n) is 6.44. The number of nitrogens with one attached hydrogen (secondary N) is 4. The SMILES string of the molecule is C[C@H](O)[C@@H]1NC(=O)[C@@H]2CC=C(Cl)N2C(=O)[C@H]([C@@H](C)O)NC(=O)C[C@H](c2ccccc2)NC(=O)[C@H](CO)NC1=O. The highest BCUT2D eigenvalue weighted by molar-refractivity contribution is 6.31. The van der Waals surface area contributed by atoms with Crippen molar-refractivity contribution in [2.45, 2.75) is 69.1 Å². The van der Waals surface area contributed by atoms with Gasteiger partial charge in [-0.3, -0.25) is 28.9 Å². The number of carbonyl (C=O) groups excluding carboxylic acids is 5. The predicted octanol–water partition coefficient (Wildman–Crippen LogP) is -1.86. The molecule has 0 unspecified atom stereocenters. The van der Waals surface area contributed by atoms with Crippen LogP contribution in [0.25, 0.3) is 0 Å². The summed E-state index contributed by atoms with van der Waals surface area (Å²) in [6.07, 6.45) is -1.84. The van der Waals surface area contributed by atoms with Gasteiger partial charge in [0, 0.05) is 0 Å². The molecule has 2 aliphatic rings. The van der Waals surface area contributed by atoms with E-state index in [1.807, 2.05) is 0 Å². The van der Waals surface area contributed by atoms with Gasteiger partial charge < -0.3 is 36.6 Å². The first-order valence-corrected chi connectivity index (χ1v) is 12.7. The van der Waals surface area contributed by atoms with Crippen LogP contribution in [0.15, 0.2) is 41.6 Å². The average Bonchev–Trinajstić information content (AvgIpc) is 3.28. The van der Waals surface area contributed by atoms with Crippen molar-refractivity contribution >= 4 is 41.1 Å². The number of halogens is 1. The van der Waals surface area contributed by atoms with Gasteiger partial charge in [-0.25, -0.2) is 0 Å². The van der Waals surface area contributed by atoms with E-state index in [1.54, 1.807) is 30.3 Å². The third-order valence-corrected chi connectivity index (χ3v) is 6.78. The summed E-state index contributed by atoms with van der Waals surface area (Å²) >= 11 is 6.22. The van der Waals surface area contributed by atoms with E-state index in [9.17, 15) is 39.3 Å². The van der Waals surface area contributed by atoms with E-state index in [-0.39, 0.29) is 18.0 Å². The highest BCUT2D eigenvalue weighted by Gasteiger charge is 2.42. The van der Waals surface area contributed by atoms with Gasteiger partial charge in [-0.2, -0.15) is 0 Å². The van der Waals surface area contributed by atoms with Crippen molar-refractivity contribution in [1.82, 2.24) is 26.2 Å². The molecule has 39 heavy (non-hydrogen) atoms. The fourth-order valence-corrected chi connectivity index (χ4v) is 4.61. The van der Waals surface area contributed by atoms with Gasteiger partial charge in [-0.05, 0) is 31.9 Å². The number of carbonyl (C=O) groups is 5. The molecular formula is C25H32ClN5O8. The highest BCUT2D eigenvalue weighted by Crippen LogP contribution is 2.27. The van der Waals surface area contributed by atoms with Crippen molar-refractivity contribution in [3.05, 3.63) is 47.1 Å². The van der Waals surface area contributed by atoms with Crippen LogP contribution in [-0.4, -0.2) is 92.7 Å². The van der Waals surface area contributed by atoms with Crippen LogP contribution in [-0.2, 0) is 24.0 Å². The summed E-state index contributed by atoms with van der Waals surface area (Å²) in [5.41, 5.74) is 0.518. The quantitative estimate of drug-likeness (QED) is 0.206. The number of amides is 5. The molecule has 7 N–H and O–H groups in total. The van der Waals surface area contributed by atoms with Gasteiger partial charge >= 0.3 is 0 Å². The molecule has 1 fully saturated rings. The van der Waals surface area contributed by atoms with Gasteiger partial charge in [-0.15, -0.1) is 0 Å². The molecule has 2 heterocycles. The molecule has 3 rings (SSSR count). The summed E-state index contributed by atoms with van der Waals surface area (Å²) in [4.78, 5) is 66.6. The summed E-state index contributed by atoms with van der Waals surface area (Å²) in [7, 11) is 0. The lowest BCUT2D eigenvalue weighted by Crippen LogP contribution is -2.62. The zero-order chi connectivity index (χ0) is 28.9. The summed E-state index contributed by atoms with van der Waals surface area (Å²) in [5, 5.41) is 40.0. The summed E-state index contributed by atoms with van der Waals surface area (Å²) in [6.45, 7) is 1.70. The number of nitrogens with zero attached hydrogens (tertiary/aromatic N) is 1. The molecule has 5 amide bonds. The number of benzene rings is 1. The van der Waals surface area contributed by atoms with Crippen molar-refractivity contribution in [3.63, 3.8) is 0 Å². The number of aliphatic hydroxyl groups excluding tert-OH is 3.